The number of carbonyl (C=O) groups excluding carboxylic acids is 1. The number of hydrogen-bond donors (Lipinski definition) is 0. The molecule has 1 spiro atoms. The molecule has 2 aliphatic rings. The van der Waals surface area contributed by atoms with E-state index in [9.17, 15) is 9.18 Å². The first kappa shape index (κ1) is 18.5. The molecule has 0 saturated carbocycles. The molecule has 2 heterocycles. The summed E-state index contributed by atoms with van der Waals surface area (Å²) in [7, 11) is 0. The number of anilines is 1. The second kappa shape index (κ2) is 6.78. The number of carbonyl (C=O) groups is 1. The van der Waals surface area contributed by atoms with Crippen LogP contribution in [0.5, 0.6) is 0 Å². The molecule has 6 heteroatoms. The van der Waals surface area contributed by atoms with Crippen molar-refractivity contribution in [2.24, 2.45) is 5.41 Å². The molecule has 0 unspecified atom stereocenters. The van der Waals surface area contributed by atoms with E-state index in [1.807, 2.05) is 31.7 Å². The zero-order valence-electron chi connectivity index (χ0n) is 15.1. The average Bonchev–Trinajstić information content (AvgIpc) is 2.93. The molecule has 0 radical (unpaired) electrons. The van der Waals surface area contributed by atoms with Gasteiger partial charge in [-0.2, -0.15) is 0 Å². The summed E-state index contributed by atoms with van der Waals surface area (Å²) in [6.07, 6.45) is 2.85. The molecular weight excluding hydrogens is 387 g/mol. The zero-order chi connectivity index (χ0) is 18.2. The lowest BCUT2D eigenvalue weighted by Gasteiger charge is -2.40. The van der Waals surface area contributed by atoms with Crippen molar-refractivity contribution in [2.75, 3.05) is 31.1 Å². The molecule has 4 nitrogen and oxygen atoms in total. The largest absolute Gasteiger partial charge is 0.444 e. The summed E-state index contributed by atoms with van der Waals surface area (Å²) in [6, 6.07) is 5.30. The van der Waals surface area contributed by atoms with E-state index in [-0.39, 0.29) is 17.3 Å². The van der Waals surface area contributed by atoms with Gasteiger partial charge in [0.2, 0.25) is 0 Å². The van der Waals surface area contributed by atoms with E-state index in [4.69, 9.17) is 4.74 Å². The van der Waals surface area contributed by atoms with Gasteiger partial charge in [-0.1, -0.05) is 0 Å². The molecule has 25 heavy (non-hydrogen) atoms. The van der Waals surface area contributed by atoms with Crippen molar-refractivity contribution in [3.63, 3.8) is 0 Å². The summed E-state index contributed by atoms with van der Waals surface area (Å²) in [5, 5.41) is 0. The minimum atomic E-state index is -0.456. The first-order valence-corrected chi connectivity index (χ1v) is 9.65. The molecular formula is C19H26BrFN2O2. The van der Waals surface area contributed by atoms with E-state index in [0.717, 1.165) is 51.1 Å². The van der Waals surface area contributed by atoms with Gasteiger partial charge in [-0.3, -0.25) is 0 Å². The highest BCUT2D eigenvalue weighted by Crippen LogP contribution is 2.41. The molecule has 3 rings (SSSR count). The molecule has 1 aromatic carbocycles. The molecule has 1 aromatic rings. The fourth-order valence-corrected chi connectivity index (χ4v) is 3.99. The number of hydrogen-bond acceptors (Lipinski definition) is 3. The number of ether oxygens (including phenoxy) is 1. The molecule has 0 aliphatic carbocycles. The van der Waals surface area contributed by atoms with Crippen molar-refractivity contribution in [2.45, 2.75) is 45.6 Å². The van der Waals surface area contributed by atoms with Crippen LogP contribution in [0, 0.1) is 11.2 Å². The third kappa shape index (κ3) is 4.27. The summed E-state index contributed by atoms with van der Waals surface area (Å²) in [5.41, 5.74) is 0.654. The Morgan fingerprint density at radius 2 is 1.84 bits per heavy atom. The second-order valence-corrected chi connectivity index (χ2v) is 9.09. The van der Waals surface area contributed by atoms with Gasteiger partial charge in [-0.15, -0.1) is 0 Å². The van der Waals surface area contributed by atoms with Crippen LogP contribution in [0.1, 0.15) is 40.0 Å². The van der Waals surface area contributed by atoms with E-state index >= 15 is 0 Å². The summed E-state index contributed by atoms with van der Waals surface area (Å²) < 4.78 is 19.8. The van der Waals surface area contributed by atoms with E-state index in [1.165, 1.54) is 0 Å². The van der Waals surface area contributed by atoms with Gasteiger partial charge in [0.1, 0.15) is 11.4 Å². The van der Waals surface area contributed by atoms with E-state index in [0.29, 0.717) is 4.47 Å². The van der Waals surface area contributed by atoms with Crippen molar-refractivity contribution in [1.82, 2.24) is 4.90 Å². The van der Waals surface area contributed by atoms with Crippen molar-refractivity contribution >= 4 is 27.7 Å². The number of rotatable bonds is 1. The predicted octanol–water partition coefficient (Wildman–Crippen LogP) is 4.82. The lowest BCUT2D eigenvalue weighted by atomic mass is 9.77. The highest BCUT2D eigenvalue weighted by Gasteiger charge is 2.43. The third-order valence-electron chi connectivity index (χ3n) is 5.18. The summed E-state index contributed by atoms with van der Waals surface area (Å²) >= 11 is 3.20. The highest BCUT2D eigenvalue weighted by atomic mass is 79.9. The predicted molar refractivity (Wildman–Crippen MR) is 100 cm³/mol. The van der Waals surface area contributed by atoms with Crippen LogP contribution in [0.15, 0.2) is 22.7 Å². The normalized spacial score (nSPS) is 20.2. The molecule has 2 saturated heterocycles. The van der Waals surface area contributed by atoms with Gasteiger partial charge >= 0.3 is 6.09 Å². The Morgan fingerprint density at radius 3 is 2.44 bits per heavy atom. The Bertz CT molecular complexity index is 651. The molecule has 0 aromatic heterocycles. The number of benzene rings is 1. The van der Waals surface area contributed by atoms with Gasteiger partial charge in [-0.05, 0) is 79.6 Å². The minimum absolute atomic E-state index is 0.182. The van der Waals surface area contributed by atoms with Gasteiger partial charge in [0, 0.05) is 31.9 Å². The fourth-order valence-electron chi connectivity index (χ4n) is 3.75. The maximum Gasteiger partial charge on any atom is 0.410 e. The van der Waals surface area contributed by atoms with Crippen LogP contribution < -0.4 is 4.90 Å². The molecule has 0 N–H and O–H groups in total. The van der Waals surface area contributed by atoms with Crippen LogP contribution in [0.4, 0.5) is 14.9 Å². The summed E-state index contributed by atoms with van der Waals surface area (Å²) in [4.78, 5) is 16.4. The fraction of sp³-hybridized carbons (Fsp3) is 0.632. The van der Waals surface area contributed by atoms with Crippen LogP contribution in [0.2, 0.25) is 0 Å². The maximum atomic E-state index is 13.8. The van der Waals surface area contributed by atoms with Gasteiger partial charge in [-0.25, -0.2) is 9.18 Å². The van der Waals surface area contributed by atoms with E-state index < -0.39 is 5.60 Å². The van der Waals surface area contributed by atoms with Crippen LogP contribution in [-0.4, -0.2) is 42.8 Å². The van der Waals surface area contributed by atoms with Gasteiger partial charge in [0.15, 0.2) is 0 Å². The van der Waals surface area contributed by atoms with Gasteiger partial charge in [0.05, 0.1) is 4.47 Å². The standard InChI is InChI=1S/C19H26BrFN2O2/c1-18(2,3)25-17(24)23-11-8-19(13-23)6-9-22(10-7-19)14-4-5-15(20)16(21)12-14/h4-5,12H,6-11,13H2,1-3H3. The molecule has 2 aliphatic heterocycles. The first-order valence-electron chi connectivity index (χ1n) is 8.85. The number of likely N-dealkylation sites (tertiary alicyclic amines) is 1. The zero-order valence-corrected chi connectivity index (χ0v) is 16.7. The van der Waals surface area contributed by atoms with Crippen molar-refractivity contribution in [1.29, 1.82) is 0 Å². The smallest absolute Gasteiger partial charge is 0.410 e. The van der Waals surface area contributed by atoms with Crippen molar-refractivity contribution < 1.29 is 13.9 Å². The van der Waals surface area contributed by atoms with Gasteiger partial charge < -0.3 is 14.5 Å². The number of amides is 1. The average molecular weight is 413 g/mol. The van der Waals surface area contributed by atoms with Crippen LogP contribution >= 0.6 is 15.9 Å². The molecule has 138 valence electrons. The Labute approximate surface area is 157 Å². The molecule has 0 atom stereocenters. The monoisotopic (exact) mass is 412 g/mol. The van der Waals surface area contributed by atoms with Crippen LogP contribution in [0.25, 0.3) is 0 Å². The number of nitrogens with zero attached hydrogens (tertiary/aromatic N) is 2. The van der Waals surface area contributed by atoms with Crippen LogP contribution in [0.3, 0.4) is 0 Å². The lowest BCUT2D eigenvalue weighted by molar-refractivity contribution is 0.0266. The number of halogens is 2. The maximum absolute atomic E-state index is 13.8. The highest BCUT2D eigenvalue weighted by molar-refractivity contribution is 9.10. The Morgan fingerprint density at radius 1 is 1.20 bits per heavy atom. The van der Waals surface area contributed by atoms with Crippen LogP contribution in [-0.2, 0) is 4.74 Å². The quantitative estimate of drug-likeness (QED) is 0.662. The van der Waals surface area contributed by atoms with E-state index in [1.54, 1.807) is 12.1 Å². The minimum Gasteiger partial charge on any atom is -0.444 e. The third-order valence-corrected chi connectivity index (χ3v) is 5.83. The molecule has 0 bridgehead atoms. The Kier molecular flexibility index (Phi) is 5.02. The topological polar surface area (TPSA) is 32.8 Å². The Balaban J connectivity index is 1.58. The first-order chi connectivity index (χ1) is 11.7. The lowest BCUT2D eigenvalue weighted by Crippen LogP contribution is -2.43. The van der Waals surface area contributed by atoms with Crippen molar-refractivity contribution in [3.8, 4) is 0 Å². The Hall–Kier alpha value is -1.30. The number of piperidine rings is 1. The molecule has 1 amide bonds. The SMILES string of the molecule is CC(C)(C)OC(=O)N1CCC2(CCN(c3ccc(Br)c(F)c3)CC2)C1. The van der Waals surface area contributed by atoms with Gasteiger partial charge in [0.25, 0.3) is 0 Å². The summed E-state index contributed by atoms with van der Waals surface area (Å²) in [6.45, 7) is 9.00. The van der Waals surface area contributed by atoms with E-state index in [2.05, 4.69) is 20.8 Å². The van der Waals surface area contributed by atoms with Crippen molar-refractivity contribution in [3.05, 3.63) is 28.5 Å². The summed E-state index contributed by atoms with van der Waals surface area (Å²) in [5.74, 6) is -0.227. The second-order valence-electron chi connectivity index (χ2n) is 8.24. The molecule has 2 fully saturated rings.